The molecule has 1 N–H and O–H groups in total. The van der Waals surface area contributed by atoms with Crippen molar-refractivity contribution >= 4 is 26.7 Å². The summed E-state index contributed by atoms with van der Waals surface area (Å²) >= 11 is 3.66. The van der Waals surface area contributed by atoms with Gasteiger partial charge in [-0.05, 0) is 60.5 Å². The Hall–Kier alpha value is -1.06. The topological polar surface area (TPSA) is 21.3 Å². The molecule has 0 heterocycles. The molecule has 0 aromatic heterocycles. The van der Waals surface area contributed by atoms with E-state index in [1.165, 1.54) is 10.8 Å². The van der Waals surface area contributed by atoms with Crippen LogP contribution in [0.25, 0.3) is 10.8 Å². The highest BCUT2D eigenvalue weighted by atomic mass is 79.9. The Bertz CT molecular complexity index is 589. The molecule has 108 valence electrons. The molecule has 1 unspecified atom stereocenters. The number of fused-ring (bicyclic) bond motifs is 1. The summed E-state index contributed by atoms with van der Waals surface area (Å²) in [6, 6.07) is 12.4. The fourth-order valence-electron chi connectivity index (χ4n) is 2.01. The largest absolute Gasteiger partial charge is 0.488 e. The zero-order valence-corrected chi connectivity index (χ0v) is 14.1. The van der Waals surface area contributed by atoms with Gasteiger partial charge in [0, 0.05) is 12.1 Å². The van der Waals surface area contributed by atoms with Crippen LogP contribution in [-0.2, 0) is 0 Å². The Balaban J connectivity index is 2.12. The van der Waals surface area contributed by atoms with Crippen LogP contribution in [0.2, 0.25) is 0 Å². The van der Waals surface area contributed by atoms with Gasteiger partial charge < -0.3 is 10.1 Å². The number of hydrogen-bond acceptors (Lipinski definition) is 2. The molecule has 0 amide bonds. The molecule has 3 heteroatoms. The monoisotopic (exact) mass is 335 g/mol. The standard InChI is InChI=1S/C17H22BrNO/c1-12(11-19-17(2,3)4)20-15-10-9-13-7-5-6-8-14(13)16(15)18/h5-10,12,19H,11H2,1-4H3. The molecule has 0 aliphatic carbocycles. The van der Waals surface area contributed by atoms with Crippen molar-refractivity contribution in [3.63, 3.8) is 0 Å². The summed E-state index contributed by atoms with van der Waals surface area (Å²) in [4.78, 5) is 0. The maximum Gasteiger partial charge on any atom is 0.134 e. The second-order valence-corrected chi connectivity index (χ2v) is 6.95. The molecule has 1 atom stereocenters. The van der Waals surface area contributed by atoms with Crippen molar-refractivity contribution in [1.29, 1.82) is 0 Å². The first-order valence-electron chi connectivity index (χ1n) is 6.96. The van der Waals surface area contributed by atoms with E-state index in [2.05, 4.69) is 67.1 Å². The fourth-order valence-corrected chi connectivity index (χ4v) is 2.60. The summed E-state index contributed by atoms with van der Waals surface area (Å²) in [5, 5.41) is 5.85. The molecule has 2 rings (SSSR count). The average molecular weight is 336 g/mol. The summed E-state index contributed by atoms with van der Waals surface area (Å²) in [6.07, 6.45) is 0.117. The smallest absolute Gasteiger partial charge is 0.134 e. The van der Waals surface area contributed by atoms with Crippen molar-refractivity contribution in [2.24, 2.45) is 0 Å². The Labute approximate surface area is 129 Å². The van der Waals surface area contributed by atoms with Gasteiger partial charge in [-0.15, -0.1) is 0 Å². The Kier molecular flexibility index (Phi) is 4.71. The highest BCUT2D eigenvalue weighted by Crippen LogP contribution is 2.33. The van der Waals surface area contributed by atoms with Gasteiger partial charge in [0.25, 0.3) is 0 Å². The van der Waals surface area contributed by atoms with Gasteiger partial charge in [0.05, 0.1) is 4.47 Å². The lowest BCUT2D eigenvalue weighted by molar-refractivity contribution is 0.202. The molecule has 0 saturated heterocycles. The number of hydrogen-bond donors (Lipinski definition) is 1. The van der Waals surface area contributed by atoms with Crippen molar-refractivity contribution < 1.29 is 4.74 Å². The van der Waals surface area contributed by atoms with Crippen molar-refractivity contribution in [1.82, 2.24) is 5.32 Å². The van der Waals surface area contributed by atoms with E-state index in [-0.39, 0.29) is 11.6 Å². The van der Waals surface area contributed by atoms with Gasteiger partial charge in [0.1, 0.15) is 11.9 Å². The quantitative estimate of drug-likeness (QED) is 0.869. The van der Waals surface area contributed by atoms with Crippen LogP contribution in [-0.4, -0.2) is 18.2 Å². The lowest BCUT2D eigenvalue weighted by atomic mass is 10.1. The van der Waals surface area contributed by atoms with Crippen LogP contribution >= 0.6 is 15.9 Å². The highest BCUT2D eigenvalue weighted by molar-refractivity contribution is 9.10. The third kappa shape index (κ3) is 3.97. The fraction of sp³-hybridized carbons (Fsp3) is 0.412. The summed E-state index contributed by atoms with van der Waals surface area (Å²) in [6.45, 7) is 9.38. The summed E-state index contributed by atoms with van der Waals surface area (Å²) in [5.41, 5.74) is 0.109. The number of ether oxygens (including phenoxy) is 1. The van der Waals surface area contributed by atoms with E-state index in [0.29, 0.717) is 0 Å². The van der Waals surface area contributed by atoms with Crippen LogP contribution in [0, 0.1) is 0 Å². The molecule has 0 fully saturated rings. The lowest BCUT2D eigenvalue weighted by Crippen LogP contribution is -2.41. The van der Waals surface area contributed by atoms with Crippen LogP contribution < -0.4 is 10.1 Å². The van der Waals surface area contributed by atoms with E-state index in [9.17, 15) is 0 Å². The molecule has 0 aliphatic rings. The minimum Gasteiger partial charge on any atom is -0.488 e. The van der Waals surface area contributed by atoms with Crippen LogP contribution in [0.4, 0.5) is 0 Å². The SMILES string of the molecule is CC(CNC(C)(C)C)Oc1ccc2ccccc2c1Br. The third-order valence-corrected chi connectivity index (χ3v) is 3.89. The molecular weight excluding hydrogens is 314 g/mol. The van der Waals surface area contributed by atoms with Gasteiger partial charge in [0.2, 0.25) is 0 Å². The minimum atomic E-state index is 0.109. The predicted molar refractivity (Wildman–Crippen MR) is 89.5 cm³/mol. The molecular formula is C17H22BrNO. The molecule has 2 aromatic rings. The van der Waals surface area contributed by atoms with Gasteiger partial charge in [0.15, 0.2) is 0 Å². The lowest BCUT2D eigenvalue weighted by Gasteiger charge is -2.24. The second kappa shape index (κ2) is 6.15. The molecule has 2 nitrogen and oxygen atoms in total. The van der Waals surface area contributed by atoms with E-state index in [4.69, 9.17) is 4.74 Å². The van der Waals surface area contributed by atoms with E-state index >= 15 is 0 Å². The number of halogens is 1. The van der Waals surface area contributed by atoms with Crippen LogP contribution in [0.1, 0.15) is 27.7 Å². The first kappa shape index (κ1) is 15.3. The van der Waals surface area contributed by atoms with Crippen molar-refractivity contribution in [2.45, 2.75) is 39.3 Å². The van der Waals surface area contributed by atoms with Crippen molar-refractivity contribution in [3.8, 4) is 5.75 Å². The number of benzene rings is 2. The molecule has 0 aliphatic heterocycles. The molecule has 0 saturated carbocycles. The van der Waals surface area contributed by atoms with Gasteiger partial charge in [-0.2, -0.15) is 0 Å². The van der Waals surface area contributed by atoms with E-state index in [1.807, 2.05) is 18.2 Å². The predicted octanol–water partition coefficient (Wildman–Crippen LogP) is 4.76. The van der Waals surface area contributed by atoms with Gasteiger partial charge >= 0.3 is 0 Å². The highest BCUT2D eigenvalue weighted by Gasteiger charge is 2.13. The van der Waals surface area contributed by atoms with Gasteiger partial charge in [-0.3, -0.25) is 0 Å². The number of nitrogens with one attached hydrogen (secondary N) is 1. The normalized spacial score (nSPS) is 13.4. The Morgan fingerprint density at radius 2 is 1.85 bits per heavy atom. The van der Waals surface area contributed by atoms with Crippen molar-refractivity contribution in [2.75, 3.05) is 6.54 Å². The average Bonchev–Trinajstić information content (AvgIpc) is 2.39. The first-order chi connectivity index (χ1) is 9.37. The van der Waals surface area contributed by atoms with Gasteiger partial charge in [-0.25, -0.2) is 0 Å². The third-order valence-electron chi connectivity index (χ3n) is 3.08. The van der Waals surface area contributed by atoms with Gasteiger partial charge in [-0.1, -0.05) is 30.3 Å². The second-order valence-electron chi connectivity index (χ2n) is 6.16. The zero-order valence-electron chi connectivity index (χ0n) is 12.5. The van der Waals surface area contributed by atoms with E-state index in [1.54, 1.807) is 0 Å². The van der Waals surface area contributed by atoms with E-state index < -0.39 is 0 Å². The van der Waals surface area contributed by atoms with Crippen LogP contribution in [0.15, 0.2) is 40.9 Å². The van der Waals surface area contributed by atoms with E-state index in [0.717, 1.165) is 16.8 Å². The Morgan fingerprint density at radius 3 is 2.55 bits per heavy atom. The Morgan fingerprint density at radius 1 is 1.15 bits per heavy atom. The van der Waals surface area contributed by atoms with Crippen LogP contribution in [0.3, 0.4) is 0 Å². The minimum absolute atomic E-state index is 0.109. The summed E-state index contributed by atoms with van der Waals surface area (Å²) in [5.74, 6) is 0.895. The van der Waals surface area contributed by atoms with Crippen LogP contribution in [0.5, 0.6) is 5.75 Å². The molecule has 2 aromatic carbocycles. The first-order valence-corrected chi connectivity index (χ1v) is 7.75. The molecule has 0 spiro atoms. The maximum atomic E-state index is 6.04. The van der Waals surface area contributed by atoms with Crippen molar-refractivity contribution in [3.05, 3.63) is 40.9 Å². The zero-order chi connectivity index (χ0) is 14.8. The number of rotatable bonds is 4. The molecule has 20 heavy (non-hydrogen) atoms. The molecule has 0 bridgehead atoms. The summed E-state index contributed by atoms with van der Waals surface area (Å²) < 4.78 is 7.07. The maximum absolute atomic E-state index is 6.04. The summed E-state index contributed by atoms with van der Waals surface area (Å²) in [7, 11) is 0. The molecule has 0 radical (unpaired) electrons.